The van der Waals surface area contributed by atoms with Crippen molar-refractivity contribution in [1.29, 1.82) is 0 Å². The van der Waals surface area contributed by atoms with Gasteiger partial charge in [-0.3, -0.25) is 4.79 Å². The highest BCUT2D eigenvalue weighted by atomic mass is 32.1. The van der Waals surface area contributed by atoms with Gasteiger partial charge in [0.15, 0.2) is 0 Å². The van der Waals surface area contributed by atoms with Gasteiger partial charge in [0.25, 0.3) is 0 Å². The molecule has 6 heteroatoms. The molecule has 1 aromatic heterocycles. The Balaban J connectivity index is 1.45. The Hall–Kier alpha value is -3.51. The lowest BCUT2D eigenvalue weighted by atomic mass is 10.0. The van der Waals surface area contributed by atoms with E-state index in [1.807, 2.05) is 79.0 Å². The number of carbonyl (C=O) groups excluding carboxylic acids is 1. The zero-order chi connectivity index (χ0) is 20.8. The highest BCUT2D eigenvalue weighted by Crippen LogP contribution is 2.26. The fourth-order valence-electron chi connectivity index (χ4n) is 3.17. The second-order valence-electron chi connectivity index (χ2n) is 6.59. The van der Waals surface area contributed by atoms with Crippen molar-refractivity contribution in [3.63, 3.8) is 0 Å². The number of aromatic nitrogens is 1. The highest BCUT2D eigenvalue weighted by molar-refractivity contribution is 7.10. The van der Waals surface area contributed by atoms with Gasteiger partial charge in [0.05, 0.1) is 24.9 Å². The third-order valence-corrected chi connectivity index (χ3v) is 5.40. The molecule has 0 unspecified atom stereocenters. The number of fused-ring (bicyclic) bond motifs is 1. The zero-order valence-corrected chi connectivity index (χ0v) is 17.4. The van der Waals surface area contributed by atoms with Crippen LogP contribution < -0.4 is 10.2 Å². The lowest BCUT2D eigenvalue weighted by Crippen LogP contribution is -2.19. The van der Waals surface area contributed by atoms with E-state index in [0.717, 1.165) is 38.4 Å². The molecule has 0 saturated heterocycles. The molecule has 0 atom stereocenters. The van der Waals surface area contributed by atoms with Crippen LogP contribution in [-0.4, -0.2) is 23.7 Å². The summed E-state index contributed by atoms with van der Waals surface area (Å²) < 4.78 is 5.73. The standard InChI is InChI=1S/C24H21N3O2S/c1-2-29-22-13-12-17-8-6-7-11-19(17)20(22)15-25-27-23(28)14-24-26-21(16-30-24)18-9-4-3-5-10-18/h3-13,15-16H,2,14H2,1H3,(H,27,28)/b25-15-. The Kier molecular flexibility index (Phi) is 6.15. The molecule has 30 heavy (non-hydrogen) atoms. The molecule has 0 saturated carbocycles. The van der Waals surface area contributed by atoms with Crippen LogP contribution in [0.2, 0.25) is 0 Å². The van der Waals surface area contributed by atoms with Gasteiger partial charge in [-0.2, -0.15) is 5.10 Å². The van der Waals surface area contributed by atoms with E-state index in [0.29, 0.717) is 6.61 Å². The van der Waals surface area contributed by atoms with Crippen molar-refractivity contribution < 1.29 is 9.53 Å². The van der Waals surface area contributed by atoms with E-state index in [-0.39, 0.29) is 12.3 Å². The number of ether oxygens (including phenoxy) is 1. The topological polar surface area (TPSA) is 63.6 Å². The molecule has 3 aromatic carbocycles. The van der Waals surface area contributed by atoms with Gasteiger partial charge < -0.3 is 4.74 Å². The van der Waals surface area contributed by atoms with Crippen LogP contribution in [-0.2, 0) is 11.2 Å². The molecule has 1 N–H and O–H groups in total. The second-order valence-corrected chi connectivity index (χ2v) is 7.54. The van der Waals surface area contributed by atoms with Crippen LogP contribution in [0.1, 0.15) is 17.5 Å². The quantitative estimate of drug-likeness (QED) is 0.339. The maximum absolute atomic E-state index is 12.3. The normalized spacial score (nSPS) is 11.1. The smallest absolute Gasteiger partial charge is 0.246 e. The van der Waals surface area contributed by atoms with Crippen LogP contribution in [0.5, 0.6) is 5.75 Å². The fraction of sp³-hybridized carbons (Fsp3) is 0.125. The number of benzene rings is 3. The maximum Gasteiger partial charge on any atom is 0.246 e. The van der Waals surface area contributed by atoms with Gasteiger partial charge in [-0.05, 0) is 23.8 Å². The van der Waals surface area contributed by atoms with E-state index in [1.54, 1.807) is 6.21 Å². The van der Waals surface area contributed by atoms with Gasteiger partial charge >= 0.3 is 0 Å². The van der Waals surface area contributed by atoms with Gasteiger partial charge in [0.2, 0.25) is 5.91 Å². The predicted octanol–water partition coefficient (Wildman–Crippen LogP) is 5.05. The van der Waals surface area contributed by atoms with E-state index in [4.69, 9.17) is 4.74 Å². The number of thiazole rings is 1. The lowest BCUT2D eigenvalue weighted by Gasteiger charge is -2.10. The molecule has 0 radical (unpaired) electrons. The van der Waals surface area contributed by atoms with Gasteiger partial charge in [-0.1, -0.05) is 60.7 Å². The van der Waals surface area contributed by atoms with Crippen molar-refractivity contribution in [3.05, 3.63) is 82.7 Å². The summed E-state index contributed by atoms with van der Waals surface area (Å²) in [7, 11) is 0. The SMILES string of the molecule is CCOc1ccc2ccccc2c1/C=N\NC(=O)Cc1nc(-c2ccccc2)cs1. The zero-order valence-electron chi connectivity index (χ0n) is 16.5. The molecule has 1 amide bonds. The van der Waals surface area contributed by atoms with Gasteiger partial charge in [-0.25, -0.2) is 10.4 Å². The average Bonchev–Trinajstić information content (AvgIpc) is 3.24. The minimum atomic E-state index is -0.210. The first-order valence-electron chi connectivity index (χ1n) is 9.71. The second kappa shape index (κ2) is 9.33. The van der Waals surface area contributed by atoms with Crippen molar-refractivity contribution in [3.8, 4) is 17.0 Å². The summed E-state index contributed by atoms with van der Waals surface area (Å²) in [6.45, 7) is 2.49. The maximum atomic E-state index is 12.3. The van der Waals surface area contributed by atoms with E-state index in [1.165, 1.54) is 11.3 Å². The molecule has 0 bridgehead atoms. The van der Waals surface area contributed by atoms with Crippen molar-refractivity contribution in [2.24, 2.45) is 5.10 Å². The van der Waals surface area contributed by atoms with E-state index in [9.17, 15) is 4.79 Å². The van der Waals surface area contributed by atoms with Gasteiger partial charge in [-0.15, -0.1) is 11.3 Å². The van der Waals surface area contributed by atoms with Crippen molar-refractivity contribution in [2.75, 3.05) is 6.61 Å². The molecule has 4 aromatic rings. The largest absolute Gasteiger partial charge is 0.493 e. The molecule has 0 spiro atoms. The molecule has 0 aliphatic heterocycles. The number of nitrogens with one attached hydrogen (secondary N) is 1. The van der Waals surface area contributed by atoms with Gasteiger partial charge in [0.1, 0.15) is 10.8 Å². The Labute approximate surface area is 179 Å². The Morgan fingerprint density at radius 1 is 1.10 bits per heavy atom. The number of nitrogens with zero attached hydrogens (tertiary/aromatic N) is 2. The number of carbonyl (C=O) groups is 1. The van der Waals surface area contributed by atoms with Crippen LogP contribution >= 0.6 is 11.3 Å². The molecule has 0 fully saturated rings. The third-order valence-electron chi connectivity index (χ3n) is 4.55. The van der Waals surface area contributed by atoms with E-state index < -0.39 is 0 Å². The van der Waals surface area contributed by atoms with Crippen molar-refractivity contribution in [2.45, 2.75) is 13.3 Å². The lowest BCUT2D eigenvalue weighted by molar-refractivity contribution is -0.120. The van der Waals surface area contributed by atoms with Crippen molar-refractivity contribution in [1.82, 2.24) is 10.4 Å². The summed E-state index contributed by atoms with van der Waals surface area (Å²) in [6, 6.07) is 21.9. The number of hydrogen-bond donors (Lipinski definition) is 1. The van der Waals surface area contributed by atoms with Crippen LogP contribution in [0.4, 0.5) is 0 Å². The highest BCUT2D eigenvalue weighted by Gasteiger charge is 2.10. The first kappa shape index (κ1) is 19.8. The number of hydrazone groups is 1. The minimum Gasteiger partial charge on any atom is -0.493 e. The summed E-state index contributed by atoms with van der Waals surface area (Å²) in [5.41, 5.74) is 5.37. The molecule has 5 nitrogen and oxygen atoms in total. The number of amides is 1. The molecule has 0 aliphatic rings. The fourth-order valence-corrected chi connectivity index (χ4v) is 3.97. The Morgan fingerprint density at radius 2 is 1.90 bits per heavy atom. The molecule has 150 valence electrons. The molecular weight excluding hydrogens is 394 g/mol. The van der Waals surface area contributed by atoms with E-state index >= 15 is 0 Å². The molecule has 1 heterocycles. The Bertz CT molecular complexity index is 1190. The first-order chi connectivity index (χ1) is 14.7. The first-order valence-corrected chi connectivity index (χ1v) is 10.6. The van der Waals surface area contributed by atoms with Crippen molar-refractivity contribution >= 4 is 34.2 Å². The Morgan fingerprint density at radius 3 is 2.73 bits per heavy atom. The van der Waals surface area contributed by atoms with E-state index in [2.05, 4.69) is 15.5 Å². The van der Waals surface area contributed by atoms with Crippen LogP contribution in [0, 0.1) is 0 Å². The molecule has 0 aliphatic carbocycles. The molecular formula is C24H21N3O2S. The number of rotatable bonds is 7. The summed E-state index contributed by atoms with van der Waals surface area (Å²) in [6.07, 6.45) is 1.82. The van der Waals surface area contributed by atoms with Crippen LogP contribution in [0.25, 0.3) is 22.0 Å². The summed E-state index contributed by atoms with van der Waals surface area (Å²) in [5, 5.41) is 8.99. The minimum absolute atomic E-state index is 0.183. The summed E-state index contributed by atoms with van der Waals surface area (Å²) in [4.78, 5) is 16.9. The number of hydrogen-bond acceptors (Lipinski definition) is 5. The molecule has 4 rings (SSSR count). The summed E-state index contributed by atoms with van der Waals surface area (Å²) >= 11 is 1.47. The average molecular weight is 416 g/mol. The van der Waals surface area contributed by atoms with Crippen LogP contribution in [0.15, 0.2) is 77.2 Å². The third kappa shape index (κ3) is 4.55. The van der Waals surface area contributed by atoms with Gasteiger partial charge in [0, 0.05) is 16.5 Å². The monoisotopic (exact) mass is 415 g/mol. The predicted molar refractivity (Wildman–Crippen MR) is 122 cm³/mol. The van der Waals surface area contributed by atoms with Crippen LogP contribution in [0.3, 0.4) is 0 Å². The summed E-state index contributed by atoms with van der Waals surface area (Å²) in [5.74, 6) is 0.528.